The van der Waals surface area contributed by atoms with Gasteiger partial charge in [0.15, 0.2) is 0 Å². The number of unbranched alkanes of at least 4 members (excludes halogenated alkanes) is 1. The van der Waals surface area contributed by atoms with Crippen LogP contribution in [0.1, 0.15) is 31.7 Å². The van der Waals surface area contributed by atoms with Gasteiger partial charge in [-0.25, -0.2) is 9.78 Å². The van der Waals surface area contributed by atoms with Crippen molar-refractivity contribution < 1.29 is 9.90 Å². The van der Waals surface area contributed by atoms with E-state index < -0.39 is 0 Å². The number of amides is 2. The van der Waals surface area contributed by atoms with E-state index in [1.807, 2.05) is 6.92 Å². The number of carbonyl (C=O) groups excluding carboxylic acids is 1. The van der Waals surface area contributed by atoms with Crippen LogP contribution in [-0.4, -0.2) is 40.7 Å². The molecule has 1 heterocycles. The number of aliphatic hydroxyl groups is 1. The molecular formula is C14H22ClN3O2. The molecule has 0 aliphatic heterocycles. The highest BCUT2D eigenvalue weighted by molar-refractivity contribution is 6.30. The number of hydrogen-bond acceptors (Lipinski definition) is 3. The zero-order valence-electron chi connectivity index (χ0n) is 12.0. The van der Waals surface area contributed by atoms with Gasteiger partial charge in [-0.2, -0.15) is 0 Å². The van der Waals surface area contributed by atoms with Crippen LogP contribution < -0.4 is 5.32 Å². The first-order valence-corrected chi connectivity index (χ1v) is 7.25. The molecule has 0 saturated carbocycles. The van der Waals surface area contributed by atoms with Gasteiger partial charge in [0.2, 0.25) is 0 Å². The summed E-state index contributed by atoms with van der Waals surface area (Å²) in [5.41, 5.74) is 1.45. The number of nitrogens with one attached hydrogen (secondary N) is 1. The summed E-state index contributed by atoms with van der Waals surface area (Å²) in [5.74, 6) is 0. The second-order valence-corrected chi connectivity index (χ2v) is 5.04. The molecule has 0 saturated heterocycles. The minimum Gasteiger partial charge on any atom is -0.396 e. The van der Waals surface area contributed by atoms with Crippen LogP contribution in [0, 0.1) is 6.92 Å². The molecule has 1 rings (SSSR count). The summed E-state index contributed by atoms with van der Waals surface area (Å²) in [6.45, 7) is 5.22. The van der Waals surface area contributed by atoms with Crippen LogP contribution in [0.2, 0.25) is 5.15 Å². The third-order valence-electron chi connectivity index (χ3n) is 2.92. The molecule has 0 unspecified atom stereocenters. The van der Waals surface area contributed by atoms with E-state index in [0.717, 1.165) is 18.4 Å². The SMILES string of the molecule is CCCCN(CCCO)C(=O)Nc1cnc(Cl)c(C)c1. The molecule has 1 aromatic heterocycles. The Balaban J connectivity index is 2.65. The summed E-state index contributed by atoms with van der Waals surface area (Å²) in [4.78, 5) is 17.9. The van der Waals surface area contributed by atoms with Crippen molar-refractivity contribution >= 4 is 23.3 Å². The van der Waals surface area contributed by atoms with Crippen LogP contribution >= 0.6 is 11.6 Å². The Morgan fingerprint density at radius 3 is 2.75 bits per heavy atom. The molecular weight excluding hydrogens is 278 g/mol. The van der Waals surface area contributed by atoms with Gasteiger partial charge in [0.25, 0.3) is 0 Å². The molecule has 0 aromatic carbocycles. The van der Waals surface area contributed by atoms with Crippen molar-refractivity contribution in [1.29, 1.82) is 0 Å². The smallest absolute Gasteiger partial charge is 0.321 e. The molecule has 0 atom stereocenters. The number of aromatic nitrogens is 1. The lowest BCUT2D eigenvalue weighted by atomic mass is 10.3. The Hall–Kier alpha value is -1.33. The summed E-state index contributed by atoms with van der Waals surface area (Å²) < 4.78 is 0. The van der Waals surface area contributed by atoms with Gasteiger partial charge in [-0.05, 0) is 31.4 Å². The fraction of sp³-hybridized carbons (Fsp3) is 0.571. The van der Waals surface area contributed by atoms with Crippen molar-refractivity contribution in [3.63, 3.8) is 0 Å². The maximum absolute atomic E-state index is 12.2. The van der Waals surface area contributed by atoms with Crippen molar-refractivity contribution in [2.45, 2.75) is 33.1 Å². The molecule has 20 heavy (non-hydrogen) atoms. The summed E-state index contributed by atoms with van der Waals surface area (Å²) in [6.07, 6.45) is 4.08. The van der Waals surface area contributed by atoms with Crippen LogP contribution in [0.3, 0.4) is 0 Å². The minimum absolute atomic E-state index is 0.0809. The summed E-state index contributed by atoms with van der Waals surface area (Å²) in [5, 5.41) is 12.1. The molecule has 0 aliphatic rings. The van der Waals surface area contributed by atoms with Crippen molar-refractivity contribution in [2.75, 3.05) is 25.0 Å². The standard InChI is InChI=1S/C14H22ClN3O2/c1-3-4-6-18(7-5-8-19)14(20)17-12-9-11(2)13(15)16-10-12/h9-10,19H,3-8H2,1-2H3,(H,17,20). The third kappa shape index (κ3) is 5.35. The highest BCUT2D eigenvalue weighted by Gasteiger charge is 2.13. The molecule has 0 radical (unpaired) electrons. The molecule has 0 fully saturated rings. The van der Waals surface area contributed by atoms with E-state index in [2.05, 4.69) is 17.2 Å². The first kappa shape index (κ1) is 16.7. The van der Waals surface area contributed by atoms with Gasteiger partial charge in [0, 0.05) is 19.7 Å². The monoisotopic (exact) mass is 299 g/mol. The number of hydrogen-bond donors (Lipinski definition) is 2. The average molecular weight is 300 g/mol. The minimum atomic E-state index is -0.171. The van der Waals surface area contributed by atoms with Gasteiger partial charge in [0.05, 0.1) is 11.9 Å². The van der Waals surface area contributed by atoms with Gasteiger partial charge in [0.1, 0.15) is 5.15 Å². The highest BCUT2D eigenvalue weighted by Crippen LogP contribution is 2.16. The number of pyridine rings is 1. The molecule has 2 amide bonds. The highest BCUT2D eigenvalue weighted by atomic mass is 35.5. The number of carbonyl (C=O) groups is 1. The summed E-state index contributed by atoms with van der Waals surface area (Å²) >= 11 is 5.85. The lowest BCUT2D eigenvalue weighted by Crippen LogP contribution is -2.36. The van der Waals surface area contributed by atoms with Gasteiger partial charge < -0.3 is 15.3 Å². The lowest BCUT2D eigenvalue weighted by molar-refractivity contribution is 0.201. The van der Waals surface area contributed by atoms with Gasteiger partial charge in [-0.1, -0.05) is 24.9 Å². The molecule has 2 N–H and O–H groups in total. The molecule has 6 heteroatoms. The fourth-order valence-electron chi connectivity index (χ4n) is 1.75. The van der Waals surface area contributed by atoms with E-state index in [-0.39, 0.29) is 12.6 Å². The van der Waals surface area contributed by atoms with Crippen molar-refractivity contribution in [3.05, 3.63) is 23.0 Å². The van der Waals surface area contributed by atoms with Gasteiger partial charge >= 0.3 is 6.03 Å². The first-order valence-electron chi connectivity index (χ1n) is 6.87. The average Bonchev–Trinajstić information content (AvgIpc) is 2.43. The van der Waals surface area contributed by atoms with Gasteiger partial charge in [-0.15, -0.1) is 0 Å². The Bertz CT molecular complexity index is 432. The number of urea groups is 1. The van der Waals surface area contributed by atoms with E-state index in [0.29, 0.717) is 30.4 Å². The maximum Gasteiger partial charge on any atom is 0.321 e. The van der Waals surface area contributed by atoms with Crippen LogP contribution in [0.25, 0.3) is 0 Å². The first-order chi connectivity index (χ1) is 9.58. The Kier molecular flexibility index (Phi) is 7.33. The molecule has 1 aromatic rings. The van der Waals surface area contributed by atoms with E-state index in [9.17, 15) is 4.79 Å². The lowest BCUT2D eigenvalue weighted by Gasteiger charge is -2.22. The van der Waals surface area contributed by atoms with Crippen LogP contribution in [-0.2, 0) is 0 Å². The summed E-state index contributed by atoms with van der Waals surface area (Å²) in [6, 6.07) is 1.62. The number of aliphatic hydroxyl groups excluding tert-OH is 1. The van der Waals surface area contributed by atoms with Gasteiger partial charge in [-0.3, -0.25) is 0 Å². The Labute approximate surface area is 125 Å². The Morgan fingerprint density at radius 1 is 1.45 bits per heavy atom. The van der Waals surface area contributed by atoms with Crippen molar-refractivity contribution in [1.82, 2.24) is 9.88 Å². The molecule has 0 aliphatic carbocycles. The van der Waals surface area contributed by atoms with Crippen molar-refractivity contribution in [2.24, 2.45) is 0 Å². The topological polar surface area (TPSA) is 65.5 Å². The predicted octanol–water partition coefficient (Wildman–Crippen LogP) is 3.06. The number of anilines is 1. The molecule has 5 nitrogen and oxygen atoms in total. The second kappa shape index (κ2) is 8.76. The van der Waals surface area contributed by atoms with Crippen LogP contribution in [0.15, 0.2) is 12.3 Å². The maximum atomic E-state index is 12.2. The van der Waals surface area contributed by atoms with Crippen LogP contribution in [0.4, 0.5) is 10.5 Å². The molecule has 112 valence electrons. The fourth-order valence-corrected chi connectivity index (χ4v) is 1.86. The largest absolute Gasteiger partial charge is 0.396 e. The quantitative estimate of drug-likeness (QED) is 0.761. The van der Waals surface area contributed by atoms with E-state index in [1.54, 1.807) is 11.0 Å². The normalized spacial score (nSPS) is 10.4. The van der Waals surface area contributed by atoms with Crippen LogP contribution in [0.5, 0.6) is 0 Å². The van der Waals surface area contributed by atoms with Crippen molar-refractivity contribution in [3.8, 4) is 0 Å². The van der Waals surface area contributed by atoms with E-state index in [4.69, 9.17) is 16.7 Å². The molecule has 0 spiro atoms. The zero-order valence-corrected chi connectivity index (χ0v) is 12.8. The second-order valence-electron chi connectivity index (χ2n) is 4.68. The predicted molar refractivity (Wildman–Crippen MR) is 81.2 cm³/mol. The van der Waals surface area contributed by atoms with E-state index >= 15 is 0 Å². The number of nitrogens with zero attached hydrogens (tertiary/aromatic N) is 2. The third-order valence-corrected chi connectivity index (χ3v) is 3.32. The number of halogens is 1. The summed E-state index contributed by atoms with van der Waals surface area (Å²) in [7, 11) is 0. The molecule has 0 bridgehead atoms. The number of rotatable bonds is 7. The van der Waals surface area contributed by atoms with E-state index in [1.165, 1.54) is 6.20 Å². The number of aryl methyl sites for hydroxylation is 1. The zero-order chi connectivity index (χ0) is 15.0. The Morgan fingerprint density at radius 2 is 2.15 bits per heavy atom.